The fourth-order valence-corrected chi connectivity index (χ4v) is 1.83. The van der Waals surface area contributed by atoms with Gasteiger partial charge in [0.05, 0.1) is 24.2 Å². The number of hydrogen-bond donors (Lipinski definition) is 0. The maximum absolute atomic E-state index is 11.0. The molecule has 94 valence electrons. The van der Waals surface area contributed by atoms with Gasteiger partial charge < -0.3 is 9.47 Å². The van der Waals surface area contributed by atoms with E-state index >= 15 is 0 Å². The minimum Gasteiger partial charge on any atom is -0.487 e. The monoisotopic (exact) mass is 251 g/mol. The first-order valence-electron chi connectivity index (χ1n) is 5.46. The minimum atomic E-state index is -0.530. The Kier molecular flexibility index (Phi) is 2.47. The van der Waals surface area contributed by atoms with Crippen LogP contribution in [-0.2, 0) is 0 Å². The van der Waals surface area contributed by atoms with Gasteiger partial charge in [-0.1, -0.05) is 0 Å². The second kappa shape index (κ2) is 4.13. The highest BCUT2D eigenvalue weighted by Crippen LogP contribution is 2.42. The molecule has 0 aliphatic carbocycles. The van der Waals surface area contributed by atoms with Crippen molar-refractivity contribution in [3.8, 4) is 11.5 Å². The van der Waals surface area contributed by atoms with E-state index in [1.54, 1.807) is 0 Å². The van der Waals surface area contributed by atoms with Crippen LogP contribution in [0, 0.1) is 10.1 Å². The van der Waals surface area contributed by atoms with E-state index in [2.05, 4.69) is 14.9 Å². The molecule has 1 aromatic carbocycles. The van der Waals surface area contributed by atoms with Crippen LogP contribution in [0.3, 0.4) is 0 Å². The van der Waals surface area contributed by atoms with Crippen molar-refractivity contribution in [3.05, 3.63) is 16.2 Å². The molecule has 0 fully saturated rings. The molecule has 2 aromatic rings. The first kappa shape index (κ1) is 10.8. The quantitative estimate of drug-likeness (QED) is 0.561. The van der Waals surface area contributed by atoms with E-state index in [1.165, 1.54) is 6.07 Å². The van der Waals surface area contributed by atoms with Crippen LogP contribution >= 0.6 is 0 Å². The van der Waals surface area contributed by atoms with E-state index in [4.69, 9.17) is 9.47 Å². The highest BCUT2D eigenvalue weighted by Gasteiger charge is 2.27. The predicted octanol–water partition coefficient (Wildman–Crippen LogP) is 1.68. The minimum absolute atomic E-state index is 0.0999. The zero-order valence-corrected chi connectivity index (χ0v) is 9.29. The summed E-state index contributed by atoms with van der Waals surface area (Å²) in [6, 6.07) is 1.27. The molecule has 1 aromatic heterocycles. The maximum Gasteiger partial charge on any atom is 0.317 e. The zero-order valence-electron chi connectivity index (χ0n) is 9.29. The van der Waals surface area contributed by atoms with Crippen molar-refractivity contribution in [3.63, 3.8) is 0 Å². The number of benzene rings is 1. The molecule has 1 aliphatic rings. The zero-order chi connectivity index (χ0) is 12.5. The van der Waals surface area contributed by atoms with E-state index in [9.17, 15) is 10.1 Å². The summed E-state index contributed by atoms with van der Waals surface area (Å²) < 4.78 is 15.5. The highest BCUT2D eigenvalue weighted by atomic mass is 16.6. The molecule has 0 atom stereocenters. The van der Waals surface area contributed by atoms with Crippen LogP contribution in [0.15, 0.2) is 10.7 Å². The summed E-state index contributed by atoms with van der Waals surface area (Å²) in [5.74, 6) is 0.336. The highest BCUT2D eigenvalue weighted by molar-refractivity contribution is 5.87. The number of ether oxygens (including phenoxy) is 2. The van der Waals surface area contributed by atoms with E-state index in [0.717, 1.165) is 12.8 Å². The van der Waals surface area contributed by atoms with Crippen molar-refractivity contribution in [2.24, 2.45) is 0 Å². The fraction of sp³-hybridized carbons (Fsp3) is 0.400. The van der Waals surface area contributed by atoms with Crippen molar-refractivity contribution >= 4 is 16.7 Å². The average Bonchev–Trinajstić information content (AvgIpc) is 2.75. The van der Waals surface area contributed by atoms with Crippen molar-refractivity contribution in [1.29, 1.82) is 0 Å². The third kappa shape index (κ3) is 1.62. The molecule has 0 saturated carbocycles. The summed E-state index contributed by atoms with van der Waals surface area (Å²) in [5.41, 5.74) is 0.442. The van der Waals surface area contributed by atoms with Gasteiger partial charge in [-0.05, 0) is 23.2 Å². The number of nitro groups is 1. The first-order valence-corrected chi connectivity index (χ1v) is 5.46. The summed E-state index contributed by atoms with van der Waals surface area (Å²) in [6.45, 7) is 0.869. The summed E-state index contributed by atoms with van der Waals surface area (Å²) in [6.07, 6.45) is 1.60. The van der Waals surface area contributed by atoms with E-state index < -0.39 is 4.92 Å². The SMILES string of the molecule is O=[N+]([O-])c1cc2nonc2c2c1OCCCCO2. The third-order valence-corrected chi connectivity index (χ3v) is 2.67. The molecule has 3 rings (SSSR count). The molecule has 0 radical (unpaired) electrons. The van der Waals surface area contributed by atoms with Crippen LogP contribution in [0.2, 0.25) is 0 Å². The summed E-state index contributed by atoms with van der Waals surface area (Å²) >= 11 is 0. The Morgan fingerprint density at radius 1 is 1.17 bits per heavy atom. The van der Waals surface area contributed by atoms with E-state index in [-0.39, 0.29) is 22.7 Å². The van der Waals surface area contributed by atoms with Gasteiger partial charge in [0.25, 0.3) is 0 Å². The topological polar surface area (TPSA) is 101 Å². The lowest BCUT2D eigenvalue weighted by Gasteiger charge is -2.15. The Balaban J connectivity index is 2.27. The van der Waals surface area contributed by atoms with Crippen molar-refractivity contribution < 1.29 is 19.0 Å². The lowest BCUT2D eigenvalue weighted by atomic mass is 10.2. The first-order chi connectivity index (χ1) is 8.77. The normalized spacial score (nSPS) is 15.1. The van der Waals surface area contributed by atoms with Gasteiger partial charge in [-0.15, -0.1) is 0 Å². The molecule has 0 spiro atoms. The summed E-state index contributed by atoms with van der Waals surface area (Å²) in [7, 11) is 0. The number of rotatable bonds is 1. The van der Waals surface area contributed by atoms with Crippen molar-refractivity contribution in [2.75, 3.05) is 13.2 Å². The molecule has 0 N–H and O–H groups in total. The molecular formula is C10H9N3O5. The summed E-state index contributed by atoms with van der Waals surface area (Å²) in [5, 5.41) is 18.3. The number of fused-ring (bicyclic) bond motifs is 3. The van der Waals surface area contributed by atoms with Gasteiger partial charge in [-0.2, -0.15) is 0 Å². The van der Waals surface area contributed by atoms with Gasteiger partial charge in [0.1, 0.15) is 5.52 Å². The van der Waals surface area contributed by atoms with Crippen LogP contribution in [-0.4, -0.2) is 28.5 Å². The Hall–Kier alpha value is -2.38. The molecule has 18 heavy (non-hydrogen) atoms. The van der Waals surface area contributed by atoms with Crippen molar-refractivity contribution in [1.82, 2.24) is 10.3 Å². The number of nitrogens with zero attached hydrogens (tertiary/aromatic N) is 3. The molecule has 1 aliphatic heterocycles. The Morgan fingerprint density at radius 3 is 2.61 bits per heavy atom. The van der Waals surface area contributed by atoms with Gasteiger partial charge in [-0.3, -0.25) is 10.1 Å². The molecule has 0 amide bonds. The fourth-order valence-electron chi connectivity index (χ4n) is 1.83. The lowest BCUT2D eigenvalue weighted by Crippen LogP contribution is -2.10. The van der Waals surface area contributed by atoms with Crippen LogP contribution < -0.4 is 9.47 Å². The van der Waals surface area contributed by atoms with Gasteiger partial charge in [0.15, 0.2) is 11.3 Å². The van der Waals surface area contributed by atoms with E-state index in [0.29, 0.717) is 18.7 Å². The lowest BCUT2D eigenvalue weighted by molar-refractivity contribution is -0.385. The number of nitro benzene ring substituents is 1. The van der Waals surface area contributed by atoms with Gasteiger partial charge in [0, 0.05) is 0 Å². The Morgan fingerprint density at radius 2 is 1.89 bits per heavy atom. The molecule has 2 heterocycles. The van der Waals surface area contributed by atoms with Gasteiger partial charge >= 0.3 is 5.69 Å². The maximum atomic E-state index is 11.0. The second-order valence-corrected chi connectivity index (χ2v) is 3.85. The number of hydrogen-bond acceptors (Lipinski definition) is 7. The van der Waals surface area contributed by atoms with Gasteiger partial charge in [0.2, 0.25) is 5.75 Å². The second-order valence-electron chi connectivity index (χ2n) is 3.85. The molecular weight excluding hydrogens is 242 g/mol. The Bertz CT molecular complexity index is 609. The molecule has 0 bridgehead atoms. The summed E-state index contributed by atoms with van der Waals surface area (Å²) in [4.78, 5) is 10.5. The van der Waals surface area contributed by atoms with Crippen LogP contribution in [0.5, 0.6) is 11.5 Å². The molecule has 0 unspecified atom stereocenters. The van der Waals surface area contributed by atoms with Crippen LogP contribution in [0.25, 0.3) is 11.0 Å². The number of aromatic nitrogens is 2. The predicted molar refractivity (Wildman–Crippen MR) is 58.7 cm³/mol. The smallest absolute Gasteiger partial charge is 0.317 e. The van der Waals surface area contributed by atoms with Crippen molar-refractivity contribution in [2.45, 2.75) is 12.8 Å². The van der Waals surface area contributed by atoms with E-state index in [1.807, 2.05) is 0 Å². The Labute approximate surface area is 101 Å². The molecule has 8 heteroatoms. The van der Waals surface area contributed by atoms with Gasteiger partial charge in [-0.25, -0.2) is 4.63 Å². The average molecular weight is 251 g/mol. The molecule has 8 nitrogen and oxygen atoms in total. The largest absolute Gasteiger partial charge is 0.487 e. The van der Waals surface area contributed by atoms with Crippen LogP contribution in [0.4, 0.5) is 5.69 Å². The standard InChI is InChI=1S/C10H9N3O5/c14-13(15)7-5-6-8(12-18-11-6)10-9(7)16-3-1-2-4-17-10/h5H,1-4H2. The van der Waals surface area contributed by atoms with Crippen LogP contribution in [0.1, 0.15) is 12.8 Å². The molecule has 0 saturated heterocycles. The third-order valence-electron chi connectivity index (χ3n) is 2.67.